The third-order valence-electron chi connectivity index (χ3n) is 5.07. The lowest BCUT2D eigenvalue weighted by Crippen LogP contribution is -2.52. The van der Waals surface area contributed by atoms with Crippen molar-refractivity contribution >= 4 is 31.7 Å². The molecule has 0 saturated carbocycles. The SMILES string of the molecule is O=C1CC2(CCN(S(=O)(=O)c3ccccc3)CC2)Oc2ccc(Br)cc21. The van der Waals surface area contributed by atoms with Crippen LogP contribution in [0.15, 0.2) is 57.9 Å². The van der Waals surface area contributed by atoms with Crippen LogP contribution in [0.1, 0.15) is 29.6 Å². The first kappa shape index (κ1) is 17.7. The Morgan fingerprint density at radius 1 is 1.04 bits per heavy atom. The topological polar surface area (TPSA) is 63.7 Å². The third-order valence-corrected chi connectivity index (χ3v) is 7.47. The maximum absolute atomic E-state index is 12.8. The van der Waals surface area contributed by atoms with Crippen LogP contribution in [-0.2, 0) is 10.0 Å². The molecule has 0 radical (unpaired) electrons. The number of ether oxygens (including phenoxy) is 1. The minimum Gasteiger partial charge on any atom is -0.486 e. The number of Topliss-reactive ketones (excluding diaryl/α,β-unsaturated/α-hetero) is 1. The number of fused-ring (bicyclic) bond motifs is 1. The van der Waals surface area contributed by atoms with E-state index in [1.165, 1.54) is 4.31 Å². The summed E-state index contributed by atoms with van der Waals surface area (Å²) in [7, 11) is -3.51. The highest BCUT2D eigenvalue weighted by Gasteiger charge is 2.45. The smallest absolute Gasteiger partial charge is 0.243 e. The molecule has 2 aromatic carbocycles. The molecule has 7 heteroatoms. The molecule has 2 aliphatic rings. The van der Waals surface area contributed by atoms with Crippen molar-refractivity contribution in [2.45, 2.75) is 29.8 Å². The first-order valence-electron chi connectivity index (χ1n) is 8.47. The van der Waals surface area contributed by atoms with Crippen molar-refractivity contribution in [3.63, 3.8) is 0 Å². The summed E-state index contributed by atoms with van der Waals surface area (Å²) >= 11 is 3.38. The minimum absolute atomic E-state index is 0.0481. The van der Waals surface area contributed by atoms with Crippen LogP contribution in [-0.4, -0.2) is 37.2 Å². The highest BCUT2D eigenvalue weighted by molar-refractivity contribution is 9.10. The summed E-state index contributed by atoms with van der Waals surface area (Å²) < 4.78 is 34.1. The molecule has 0 aliphatic carbocycles. The van der Waals surface area contributed by atoms with Crippen LogP contribution in [0.4, 0.5) is 0 Å². The number of halogens is 1. The Morgan fingerprint density at radius 2 is 1.73 bits per heavy atom. The average molecular weight is 436 g/mol. The number of hydrogen-bond acceptors (Lipinski definition) is 4. The number of carbonyl (C=O) groups is 1. The van der Waals surface area contributed by atoms with Crippen LogP contribution >= 0.6 is 15.9 Å². The van der Waals surface area contributed by atoms with Crippen LogP contribution in [0.25, 0.3) is 0 Å². The average Bonchev–Trinajstić information content (AvgIpc) is 2.64. The van der Waals surface area contributed by atoms with E-state index in [2.05, 4.69) is 15.9 Å². The fraction of sp³-hybridized carbons (Fsp3) is 0.316. The highest BCUT2D eigenvalue weighted by atomic mass is 79.9. The zero-order valence-electron chi connectivity index (χ0n) is 14.0. The van der Waals surface area contributed by atoms with Crippen LogP contribution < -0.4 is 4.74 Å². The zero-order valence-corrected chi connectivity index (χ0v) is 16.4. The summed E-state index contributed by atoms with van der Waals surface area (Å²) in [5.74, 6) is 0.635. The van der Waals surface area contributed by atoms with E-state index >= 15 is 0 Å². The molecule has 1 fully saturated rings. The predicted molar refractivity (Wildman–Crippen MR) is 101 cm³/mol. The molecule has 0 N–H and O–H groups in total. The van der Waals surface area contributed by atoms with E-state index in [1.807, 2.05) is 6.07 Å². The van der Waals surface area contributed by atoms with Gasteiger partial charge in [0.05, 0.1) is 16.9 Å². The van der Waals surface area contributed by atoms with Gasteiger partial charge in [0.2, 0.25) is 10.0 Å². The standard InChI is InChI=1S/C19H18BrNO4S/c20-14-6-7-18-16(12-14)17(22)13-19(25-18)8-10-21(11-9-19)26(23,24)15-4-2-1-3-5-15/h1-7,12H,8-11,13H2. The quantitative estimate of drug-likeness (QED) is 0.721. The number of sulfonamides is 1. The number of ketones is 1. The van der Waals surface area contributed by atoms with Crippen LogP contribution in [0, 0.1) is 0 Å². The second-order valence-corrected chi connectivity index (χ2v) is 9.60. The molecule has 0 unspecified atom stereocenters. The van der Waals surface area contributed by atoms with E-state index in [0.717, 1.165) is 4.47 Å². The number of piperidine rings is 1. The van der Waals surface area contributed by atoms with Crippen molar-refractivity contribution < 1.29 is 17.9 Å². The van der Waals surface area contributed by atoms with Crippen molar-refractivity contribution in [3.8, 4) is 5.75 Å². The van der Waals surface area contributed by atoms with Gasteiger partial charge in [0, 0.05) is 30.4 Å². The lowest BCUT2D eigenvalue weighted by Gasteiger charge is -2.43. The normalized spacial score (nSPS) is 19.8. The number of benzene rings is 2. The Labute approximate surface area is 161 Å². The molecule has 2 heterocycles. The van der Waals surface area contributed by atoms with E-state index in [0.29, 0.717) is 42.1 Å². The number of nitrogens with zero attached hydrogens (tertiary/aromatic N) is 1. The first-order valence-corrected chi connectivity index (χ1v) is 10.7. The summed E-state index contributed by atoms with van der Waals surface area (Å²) in [6.07, 6.45) is 1.29. The van der Waals surface area contributed by atoms with Crippen LogP contribution in [0.5, 0.6) is 5.75 Å². The molecule has 0 aromatic heterocycles. The maximum Gasteiger partial charge on any atom is 0.243 e. The minimum atomic E-state index is -3.51. The second-order valence-electron chi connectivity index (χ2n) is 6.74. The van der Waals surface area contributed by atoms with Crippen molar-refractivity contribution in [2.75, 3.05) is 13.1 Å². The molecule has 0 amide bonds. The van der Waals surface area contributed by atoms with Gasteiger partial charge in [0.25, 0.3) is 0 Å². The summed E-state index contributed by atoms with van der Waals surface area (Å²) in [5, 5.41) is 0. The summed E-state index contributed by atoms with van der Waals surface area (Å²) in [4.78, 5) is 12.9. The Kier molecular flexibility index (Phi) is 4.41. The molecule has 26 heavy (non-hydrogen) atoms. The van der Waals surface area contributed by atoms with E-state index < -0.39 is 15.6 Å². The van der Waals surface area contributed by atoms with Gasteiger partial charge in [-0.15, -0.1) is 0 Å². The fourth-order valence-corrected chi connectivity index (χ4v) is 5.44. The number of rotatable bonds is 2. The van der Waals surface area contributed by atoms with Crippen molar-refractivity contribution in [3.05, 3.63) is 58.6 Å². The second kappa shape index (κ2) is 6.48. The first-order chi connectivity index (χ1) is 12.4. The summed E-state index contributed by atoms with van der Waals surface area (Å²) in [6.45, 7) is 0.687. The van der Waals surface area contributed by atoms with Gasteiger partial charge in [-0.25, -0.2) is 8.42 Å². The summed E-state index contributed by atoms with van der Waals surface area (Å²) in [5.41, 5.74) is -0.0231. The Balaban J connectivity index is 1.54. The van der Waals surface area contributed by atoms with Gasteiger partial charge in [-0.3, -0.25) is 4.79 Å². The van der Waals surface area contributed by atoms with E-state index in [4.69, 9.17) is 4.74 Å². The van der Waals surface area contributed by atoms with Crippen molar-refractivity contribution in [1.82, 2.24) is 4.31 Å². The Bertz CT molecular complexity index is 951. The van der Waals surface area contributed by atoms with Gasteiger partial charge in [0.15, 0.2) is 5.78 Å². The van der Waals surface area contributed by atoms with Gasteiger partial charge in [-0.2, -0.15) is 4.31 Å². The van der Waals surface area contributed by atoms with Gasteiger partial charge in [0.1, 0.15) is 11.4 Å². The Morgan fingerprint density at radius 3 is 2.42 bits per heavy atom. The van der Waals surface area contributed by atoms with Gasteiger partial charge in [-0.1, -0.05) is 34.1 Å². The van der Waals surface area contributed by atoms with E-state index in [9.17, 15) is 13.2 Å². The predicted octanol–water partition coefficient (Wildman–Crippen LogP) is 3.64. The Hall–Kier alpha value is -1.70. The van der Waals surface area contributed by atoms with Gasteiger partial charge >= 0.3 is 0 Å². The molecule has 2 aromatic rings. The fourth-order valence-electron chi connectivity index (χ4n) is 3.62. The zero-order chi connectivity index (χ0) is 18.4. The lowest BCUT2D eigenvalue weighted by molar-refractivity contribution is 0.00589. The van der Waals surface area contributed by atoms with Crippen molar-refractivity contribution in [2.24, 2.45) is 0 Å². The molecule has 5 nitrogen and oxygen atoms in total. The molecule has 1 spiro atoms. The van der Waals surface area contributed by atoms with Crippen molar-refractivity contribution in [1.29, 1.82) is 0 Å². The van der Waals surface area contributed by atoms with Crippen LogP contribution in [0.2, 0.25) is 0 Å². The molecule has 136 valence electrons. The number of hydrogen-bond donors (Lipinski definition) is 0. The summed E-state index contributed by atoms with van der Waals surface area (Å²) in [6, 6.07) is 13.9. The van der Waals surface area contributed by atoms with Gasteiger partial charge < -0.3 is 4.74 Å². The molecule has 0 atom stereocenters. The molecule has 4 rings (SSSR count). The lowest BCUT2D eigenvalue weighted by atomic mass is 9.83. The van der Waals surface area contributed by atoms with Gasteiger partial charge in [-0.05, 0) is 30.3 Å². The molecule has 0 bridgehead atoms. The van der Waals surface area contributed by atoms with Crippen LogP contribution in [0.3, 0.4) is 0 Å². The molecule has 1 saturated heterocycles. The third kappa shape index (κ3) is 3.08. The largest absolute Gasteiger partial charge is 0.486 e. The molecular weight excluding hydrogens is 418 g/mol. The number of carbonyl (C=O) groups excluding carboxylic acids is 1. The van der Waals surface area contributed by atoms with E-state index in [1.54, 1.807) is 42.5 Å². The maximum atomic E-state index is 12.8. The molecule has 2 aliphatic heterocycles. The van der Waals surface area contributed by atoms with E-state index in [-0.39, 0.29) is 12.2 Å². The highest BCUT2D eigenvalue weighted by Crippen LogP contribution is 2.40. The molecular formula is C19H18BrNO4S. The monoisotopic (exact) mass is 435 g/mol.